The molecule has 0 saturated carbocycles. The fourth-order valence-corrected chi connectivity index (χ4v) is 1.81. The highest BCUT2D eigenvalue weighted by molar-refractivity contribution is 5.69. The molecule has 0 saturated heterocycles. The number of carbonyl (C=O) groups is 1. The maximum Gasteiger partial charge on any atom is 0.305 e. The van der Waals surface area contributed by atoms with Gasteiger partial charge in [-0.25, -0.2) is 0 Å². The molecular weight excluding hydrogens is 238 g/mol. The van der Waals surface area contributed by atoms with Gasteiger partial charge in [0.1, 0.15) is 0 Å². The quantitative estimate of drug-likeness (QED) is 0.512. The molecule has 106 valence electrons. The van der Waals surface area contributed by atoms with Crippen LogP contribution in [-0.4, -0.2) is 19.1 Å². The molecule has 3 nitrogen and oxygen atoms in total. The molecule has 1 aromatic rings. The zero-order valence-corrected chi connectivity index (χ0v) is 11.9. The van der Waals surface area contributed by atoms with Crippen LogP contribution in [-0.2, 0) is 9.53 Å². The number of hydrogen-bond acceptors (Lipinski definition) is 3. The Morgan fingerprint density at radius 1 is 1.11 bits per heavy atom. The van der Waals surface area contributed by atoms with Gasteiger partial charge in [-0.15, -0.1) is 0 Å². The summed E-state index contributed by atoms with van der Waals surface area (Å²) < 4.78 is 5.17. The molecule has 0 aromatic heterocycles. The van der Waals surface area contributed by atoms with E-state index in [0.29, 0.717) is 13.0 Å². The summed E-state index contributed by atoms with van der Waals surface area (Å²) in [6, 6.07) is 10.0. The Morgan fingerprint density at radius 2 is 1.89 bits per heavy atom. The lowest BCUT2D eigenvalue weighted by atomic mass is 10.2. The van der Waals surface area contributed by atoms with Crippen molar-refractivity contribution in [2.75, 3.05) is 18.5 Å². The molecule has 0 aliphatic rings. The molecule has 0 unspecified atom stereocenters. The maximum atomic E-state index is 11.4. The van der Waals surface area contributed by atoms with E-state index in [0.717, 1.165) is 31.5 Å². The van der Waals surface area contributed by atoms with Gasteiger partial charge in [-0.1, -0.05) is 44.4 Å². The van der Waals surface area contributed by atoms with Gasteiger partial charge in [-0.2, -0.15) is 0 Å². The molecule has 19 heavy (non-hydrogen) atoms. The lowest BCUT2D eigenvalue weighted by Gasteiger charge is -2.06. The Bertz CT molecular complexity index is 338. The van der Waals surface area contributed by atoms with Crippen LogP contribution in [0.1, 0.15) is 45.4 Å². The van der Waals surface area contributed by atoms with Crippen molar-refractivity contribution < 1.29 is 9.53 Å². The molecule has 0 aliphatic carbocycles. The molecule has 0 fully saturated rings. The van der Waals surface area contributed by atoms with Crippen LogP contribution in [0.15, 0.2) is 30.3 Å². The summed E-state index contributed by atoms with van der Waals surface area (Å²) in [7, 11) is 0. The van der Waals surface area contributed by atoms with Crippen LogP contribution in [0.4, 0.5) is 5.69 Å². The molecule has 0 bridgehead atoms. The second kappa shape index (κ2) is 10.4. The molecule has 0 amide bonds. The number of hydrogen-bond donors (Lipinski definition) is 1. The first-order valence-electron chi connectivity index (χ1n) is 7.27. The number of ether oxygens (including phenoxy) is 1. The standard InChI is InChI=1S/C16H25NO2/c1-2-3-4-8-14-19-16(18)12-9-13-17-15-10-6-5-7-11-15/h5-7,10-11,17H,2-4,8-9,12-14H2,1H3. The second-order valence-corrected chi connectivity index (χ2v) is 4.68. The Labute approximate surface area is 116 Å². The van der Waals surface area contributed by atoms with E-state index in [4.69, 9.17) is 4.74 Å². The van der Waals surface area contributed by atoms with E-state index in [2.05, 4.69) is 12.2 Å². The third-order valence-corrected chi connectivity index (χ3v) is 2.92. The average Bonchev–Trinajstić information content (AvgIpc) is 2.44. The van der Waals surface area contributed by atoms with Crippen molar-refractivity contribution in [3.05, 3.63) is 30.3 Å². The summed E-state index contributed by atoms with van der Waals surface area (Å²) in [6.45, 7) is 3.55. The van der Waals surface area contributed by atoms with Crippen LogP contribution >= 0.6 is 0 Å². The average molecular weight is 263 g/mol. The summed E-state index contributed by atoms with van der Waals surface area (Å²) in [5.74, 6) is -0.0774. The van der Waals surface area contributed by atoms with Gasteiger partial charge in [-0.05, 0) is 25.0 Å². The molecule has 0 heterocycles. The number of esters is 1. The Kier molecular flexibility index (Phi) is 8.52. The van der Waals surface area contributed by atoms with E-state index in [-0.39, 0.29) is 5.97 Å². The van der Waals surface area contributed by atoms with Gasteiger partial charge in [0.15, 0.2) is 0 Å². The summed E-state index contributed by atoms with van der Waals surface area (Å²) in [5.41, 5.74) is 1.09. The number of unbranched alkanes of at least 4 members (excludes halogenated alkanes) is 3. The minimum Gasteiger partial charge on any atom is -0.466 e. The monoisotopic (exact) mass is 263 g/mol. The molecular formula is C16H25NO2. The highest BCUT2D eigenvalue weighted by atomic mass is 16.5. The lowest BCUT2D eigenvalue weighted by Crippen LogP contribution is -2.09. The second-order valence-electron chi connectivity index (χ2n) is 4.68. The van der Waals surface area contributed by atoms with E-state index in [9.17, 15) is 4.79 Å². The van der Waals surface area contributed by atoms with E-state index < -0.39 is 0 Å². The van der Waals surface area contributed by atoms with Gasteiger partial charge in [0.25, 0.3) is 0 Å². The van der Waals surface area contributed by atoms with Crippen molar-refractivity contribution >= 4 is 11.7 Å². The van der Waals surface area contributed by atoms with Crippen LogP contribution in [0.5, 0.6) is 0 Å². The molecule has 1 N–H and O–H groups in total. The zero-order valence-electron chi connectivity index (χ0n) is 11.9. The number of benzene rings is 1. The highest BCUT2D eigenvalue weighted by Gasteiger charge is 2.02. The summed E-state index contributed by atoms with van der Waals surface area (Å²) in [4.78, 5) is 11.4. The van der Waals surface area contributed by atoms with Crippen molar-refractivity contribution in [1.82, 2.24) is 0 Å². The maximum absolute atomic E-state index is 11.4. The van der Waals surface area contributed by atoms with Gasteiger partial charge in [0.05, 0.1) is 6.61 Å². The minimum absolute atomic E-state index is 0.0774. The van der Waals surface area contributed by atoms with Crippen LogP contribution < -0.4 is 5.32 Å². The van der Waals surface area contributed by atoms with Crippen molar-refractivity contribution in [2.24, 2.45) is 0 Å². The predicted octanol–water partition coefficient (Wildman–Crippen LogP) is 4.00. The topological polar surface area (TPSA) is 38.3 Å². The van der Waals surface area contributed by atoms with Crippen LogP contribution in [0, 0.1) is 0 Å². The largest absolute Gasteiger partial charge is 0.466 e. The first-order valence-corrected chi connectivity index (χ1v) is 7.27. The molecule has 1 aromatic carbocycles. The van der Waals surface area contributed by atoms with Crippen molar-refractivity contribution in [3.63, 3.8) is 0 Å². The lowest BCUT2D eigenvalue weighted by molar-refractivity contribution is -0.143. The van der Waals surface area contributed by atoms with Gasteiger partial charge < -0.3 is 10.1 Å². The number of nitrogens with one attached hydrogen (secondary N) is 1. The van der Waals surface area contributed by atoms with Gasteiger partial charge >= 0.3 is 5.97 Å². The molecule has 0 aliphatic heterocycles. The first kappa shape index (κ1) is 15.5. The number of carbonyl (C=O) groups excluding carboxylic acids is 1. The first-order chi connectivity index (χ1) is 9.33. The highest BCUT2D eigenvalue weighted by Crippen LogP contribution is 2.05. The minimum atomic E-state index is -0.0774. The van der Waals surface area contributed by atoms with Gasteiger partial charge in [-0.3, -0.25) is 4.79 Å². The molecule has 0 spiro atoms. The van der Waals surface area contributed by atoms with Crippen LogP contribution in [0.2, 0.25) is 0 Å². The normalized spacial score (nSPS) is 10.2. The molecule has 3 heteroatoms. The van der Waals surface area contributed by atoms with E-state index >= 15 is 0 Å². The SMILES string of the molecule is CCCCCCOC(=O)CCCNc1ccccc1. The summed E-state index contributed by atoms with van der Waals surface area (Å²) in [5, 5.41) is 3.28. The fourth-order valence-electron chi connectivity index (χ4n) is 1.81. The van der Waals surface area contributed by atoms with E-state index in [1.54, 1.807) is 0 Å². The van der Waals surface area contributed by atoms with Crippen LogP contribution in [0.25, 0.3) is 0 Å². The predicted molar refractivity (Wildman–Crippen MR) is 79.3 cm³/mol. The Morgan fingerprint density at radius 3 is 2.63 bits per heavy atom. The van der Waals surface area contributed by atoms with E-state index in [1.165, 1.54) is 12.8 Å². The fraction of sp³-hybridized carbons (Fsp3) is 0.562. The van der Waals surface area contributed by atoms with Crippen molar-refractivity contribution in [1.29, 1.82) is 0 Å². The number of anilines is 1. The van der Waals surface area contributed by atoms with Crippen molar-refractivity contribution in [2.45, 2.75) is 45.4 Å². The smallest absolute Gasteiger partial charge is 0.305 e. The third-order valence-electron chi connectivity index (χ3n) is 2.92. The van der Waals surface area contributed by atoms with Crippen LogP contribution in [0.3, 0.4) is 0 Å². The summed E-state index contributed by atoms with van der Waals surface area (Å²) in [6.07, 6.45) is 5.87. The van der Waals surface area contributed by atoms with Gasteiger partial charge in [0, 0.05) is 18.7 Å². The Hall–Kier alpha value is -1.51. The summed E-state index contributed by atoms with van der Waals surface area (Å²) >= 11 is 0. The molecule has 1 rings (SSSR count). The molecule has 0 radical (unpaired) electrons. The Balaban J connectivity index is 1.95. The third kappa shape index (κ3) is 8.25. The van der Waals surface area contributed by atoms with Crippen molar-refractivity contribution in [3.8, 4) is 0 Å². The van der Waals surface area contributed by atoms with E-state index in [1.807, 2.05) is 30.3 Å². The zero-order chi connectivity index (χ0) is 13.8. The molecule has 0 atom stereocenters. The number of rotatable bonds is 10. The van der Waals surface area contributed by atoms with Gasteiger partial charge in [0.2, 0.25) is 0 Å². The number of para-hydroxylation sites is 1.